The summed E-state index contributed by atoms with van der Waals surface area (Å²) in [6.07, 6.45) is 0.260. The SMILES string of the molecule is Cc1csc(C(=O)N2CCC(N)(C(=O)O)C2)c1Cl. The van der Waals surface area contributed by atoms with Crippen molar-refractivity contribution in [2.45, 2.75) is 18.9 Å². The van der Waals surface area contributed by atoms with Crippen molar-refractivity contribution in [3.8, 4) is 0 Å². The van der Waals surface area contributed by atoms with Crippen molar-refractivity contribution in [1.29, 1.82) is 0 Å². The van der Waals surface area contributed by atoms with Crippen LogP contribution in [0, 0.1) is 6.92 Å². The molecule has 5 nitrogen and oxygen atoms in total. The Labute approximate surface area is 113 Å². The van der Waals surface area contributed by atoms with E-state index in [4.69, 9.17) is 22.4 Å². The van der Waals surface area contributed by atoms with Gasteiger partial charge in [0.1, 0.15) is 10.4 Å². The molecule has 0 spiro atoms. The van der Waals surface area contributed by atoms with Crippen LogP contribution in [0.1, 0.15) is 21.7 Å². The van der Waals surface area contributed by atoms with E-state index in [0.717, 1.165) is 5.56 Å². The number of carboxylic acid groups (broad SMARTS) is 1. The molecule has 1 saturated heterocycles. The number of nitrogens with zero attached hydrogens (tertiary/aromatic N) is 1. The molecule has 1 unspecified atom stereocenters. The summed E-state index contributed by atoms with van der Waals surface area (Å²) in [5.74, 6) is -1.32. The first-order chi connectivity index (χ1) is 8.35. The molecule has 0 bridgehead atoms. The van der Waals surface area contributed by atoms with Crippen LogP contribution in [-0.4, -0.2) is 40.5 Å². The molecule has 18 heavy (non-hydrogen) atoms. The van der Waals surface area contributed by atoms with Crippen LogP contribution >= 0.6 is 22.9 Å². The van der Waals surface area contributed by atoms with E-state index in [1.54, 1.807) is 5.38 Å². The van der Waals surface area contributed by atoms with Gasteiger partial charge in [-0.25, -0.2) is 0 Å². The van der Waals surface area contributed by atoms with E-state index in [0.29, 0.717) is 16.4 Å². The molecular formula is C11H13ClN2O3S. The number of halogens is 1. The first kappa shape index (κ1) is 13.3. The highest BCUT2D eigenvalue weighted by Gasteiger charge is 2.43. The van der Waals surface area contributed by atoms with Crippen LogP contribution in [0.4, 0.5) is 0 Å². The maximum Gasteiger partial charge on any atom is 0.325 e. The lowest BCUT2D eigenvalue weighted by Gasteiger charge is -2.19. The number of nitrogens with two attached hydrogens (primary N) is 1. The lowest BCUT2D eigenvalue weighted by molar-refractivity contribution is -0.142. The average Bonchev–Trinajstić information content (AvgIpc) is 2.85. The molecule has 0 aromatic carbocycles. The highest BCUT2D eigenvalue weighted by Crippen LogP contribution is 2.30. The van der Waals surface area contributed by atoms with Crippen molar-refractivity contribution in [1.82, 2.24) is 4.90 Å². The third-order valence-electron chi connectivity index (χ3n) is 3.11. The van der Waals surface area contributed by atoms with Gasteiger partial charge in [0.05, 0.1) is 5.02 Å². The summed E-state index contributed by atoms with van der Waals surface area (Å²) in [7, 11) is 0. The fourth-order valence-electron chi connectivity index (χ4n) is 1.90. The molecule has 0 saturated carbocycles. The second kappa shape index (κ2) is 4.53. The van der Waals surface area contributed by atoms with Crippen molar-refractivity contribution < 1.29 is 14.7 Å². The highest BCUT2D eigenvalue weighted by atomic mass is 35.5. The Bertz CT molecular complexity index is 516. The van der Waals surface area contributed by atoms with E-state index < -0.39 is 11.5 Å². The second-order valence-electron chi connectivity index (χ2n) is 4.50. The predicted molar refractivity (Wildman–Crippen MR) is 69.1 cm³/mol. The zero-order valence-electron chi connectivity index (χ0n) is 9.77. The van der Waals surface area contributed by atoms with Gasteiger partial charge in [-0.1, -0.05) is 11.6 Å². The van der Waals surface area contributed by atoms with Gasteiger partial charge in [0.15, 0.2) is 0 Å². The molecule has 1 aromatic rings. The van der Waals surface area contributed by atoms with Crippen LogP contribution in [-0.2, 0) is 4.79 Å². The van der Waals surface area contributed by atoms with Gasteiger partial charge < -0.3 is 15.7 Å². The maximum atomic E-state index is 12.2. The summed E-state index contributed by atoms with van der Waals surface area (Å²) in [6, 6.07) is 0. The summed E-state index contributed by atoms with van der Waals surface area (Å²) in [6.45, 7) is 2.19. The second-order valence-corrected chi connectivity index (χ2v) is 5.76. The Morgan fingerprint density at radius 3 is 2.72 bits per heavy atom. The van der Waals surface area contributed by atoms with Crippen molar-refractivity contribution in [2.24, 2.45) is 5.73 Å². The summed E-state index contributed by atoms with van der Waals surface area (Å²) in [5, 5.41) is 11.3. The van der Waals surface area contributed by atoms with Crippen LogP contribution in [0.25, 0.3) is 0 Å². The molecule has 1 aliphatic heterocycles. The van der Waals surface area contributed by atoms with Gasteiger partial charge >= 0.3 is 5.97 Å². The third-order valence-corrected chi connectivity index (χ3v) is 4.79. The van der Waals surface area contributed by atoms with Gasteiger partial charge in [-0.3, -0.25) is 9.59 Å². The fraction of sp³-hybridized carbons (Fsp3) is 0.455. The Morgan fingerprint density at radius 1 is 1.61 bits per heavy atom. The largest absolute Gasteiger partial charge is 0.480 e. The molecule has 98 valence electrons. The van der Waals surface area contributed by atoms with Crippen LogP contribution in [0.15, 0.2) is 5.38 Å². The molecule has 2 heterocycles. The van der Waals surface area contributed by atoms with Crippen molar-refractivity contribution in [2.75, 3.05) is 13.1 Å². The fourth-order valence-corrected chi connectivity index (χ4v) is 3.14. The minimum Gasteiger partial charge on any atom is -0.480 e. The number of aryl methyl sites for hydroxylation is 1. The summed E-state index contributed by atoms with van der Waals surface area (Å²) in [4.78, 5) is 25.1. The van der Waals surface area contributed by atoms with Crippen LogP contribution in [0.5, 0.6) is 0 Å². The molecule has 3 N–H and O–H groups in total. The minimum absolute atomic E-state index is 0.0223. The standard InChI is InChI=1S/C11H13ClN2O3S/c1-6-4-18-8(7(6)12)9(15)14-3-2-11(13,5-14)10(16)17/h4H,2-3,5,13H2,1H3,(H,16,17). The van der Waals surface area contributed by atoms with Gasteiger partial charge in [0, 0.05) is 13.1 Å². The van der Waals surface area contributed by atoms with E-state index in [1.807, 2.05) is 6.92 Å². The van der Waals surface area contributed by atoms with Crippen LogP contribution in [0.3, 0.4) is 0 Å². The van der Waals surface area contributed by atoms with Gasteiger partial charge in [-0.2, -0.15) is 0 Å². The number of hydrogen-bond donors (Lipinski definition) is 2. The number of likely N-dealkylation sites (tertiary alicyclic amines) is 1. The van der Waals surface area contributed by atoms with E-state index in [9.17, 15) is 9.59 Å². The smallest absolute Gasteiger partial charge is 0.325 e. The van der Waals surface area contributed by atoms with E-state index in [-0.39, 0.29) is 18.9 Å². The van der Waals surface area contributed by atoms with E-state index in [2.05, 4.69) is 0 Å². The molecule has 1 atom stereocenters. The Morgan fingerprint density at radius 2 is 2.28 bits per heavy atom. The molecule has 1 aliphatic rings. The predicted octanol–water partition coefficient (Wildman–Crippen LogP) is 1.34. The summed E-state index contributed by atoms with van der Waals surface area (Å²) in [5.41, 5.74) is 5.24. The van der Waals surface area contributed by atoms with Crippen molar-refractivity contribution in [3.05, 3.63) is 20.8 Å². The monoisotopic (exact) mass is 288 g/mol. The van der Waals surface area contributed by atoms with Crippen LogP contribution in [0.2, 0.25) is 5.02 Å². The average molecular weight is 289 g/mol. The van der Waals surface area contributed by atoms with Gasteiger partial charge in [0.2, 0.25) is 0 Å². The van der Waals surface area contributed by atoms with E-state index in [1.165, 1.54) is 16.2 Å². The number of carbonyl (C=O) groups is 2. The Kier molecular flexibility index (Phi) is 3.35. The lowest BCUT2D eigenvalue weighted by Crippen LogP contribution is -2.50. The first-order valence-electron chi connectivity index (χ1n) is 5.40. The highest BCUT2D eigenvalue weighted by molar-refractivity contribution is 7.13. The molecule has 1 amide bonds. The number of carbonyl (C=O) groups excluding carboxylic acids is 1. The molecule has 1 fully saturated rings. The minimum atomic E-state index is -1.34. The normalized spacial score (nSPS) is 23.4. The first-order valence-corrected chi connectivity index (χ1v) is 6.66. The Hall–Kier alpha value is -1.11. The zero-order chi connectivity index (χ0) is 13.5. The number of thiophene rings is 1. The van der Waals surface area contributed by atoms with Gasteiger partial charge in [-0.15, -0.1) is 11.3 Å². The summed E-state index contributed by atoms with van der Waals surface area (Å²) >= 11 is 7.30. The lowest BCUT2D eigenvalue weighted by atomic mass is 10.0. The molecule has 1 aromatic heterocycles. The summed E-state index contributed by atoms with van der Waals surface area (Å²) < 4.78 is 0. The molecule has 0 aliphatic carbocycles. The van der Waals surface area contributed by atoms with Crippen molar-refractivity contribution in [3.63, 3.8) is 0 Å². The zero-order valence-corrected chi connectivity index (χ0v) is 11.3. The van der Waals surface area contributed by atoms with E-state index >= 15 is 0 Å². The number of hydrogen-bond acceptors (Lipinski definition) is 4. The topological polar surface area (TPSA) is 83.6 Å². The maximum absolute atomic E-state index is 12.2. The number of aliphatic carboxylic acids is 1. The third kappa shape index (κ3) is 2.11. The van der Waals surface area contributed by atoms with Crippen molar-refractivity contribution >= 4 is 34.8 Å². The number of amides is 1. The molecule has 2 rings (SSSR count). The number of rotatable bonds is 2. The number of carboxylic acids is 1. The van der Waals surface area contributed by atoms with Gasteiger partial charge in [-0.05, 0) is 24.3 Å². The van der Waals surface area contributed by atoms with Crippen LogP contribution < -0.4 is 5.73 Å². The molecule has 0 radical (unpaired) electrons. The molecular weight excluding hydrogens is 276 g/mol. The quantitative estimate of drug-likeness (QED) is 0.860. The Balaban J connectivity index is 2.18. The molecule has 7 heteroatoms. The van der Waals surface area contributed by atoms with Gasteiger partial charge in [0.25, 0.3) is 5.91 Å².